The summed E-state index contributed by atoms with van der Waals surface area (Å²) in [4.78, 5) is 18.1. The quantitative estimate of drug-likeness (QED) is 0.593. The van der Waals surface area contributed by atoms with Crippen LogP contribution in [0.25, 0.3) is 11.3 Å². The molecule has 4 nitrogen and oxygen atoms in total. The molecule has 28 heavy (non-hydrogen) atoms. The van der Waals surface area contributed by atoms with Gasteiger partial charge in [-0.15, -0.1) is 11.8 Å². The molecule has 1 aromatic carbocycles. The van der Waals surface area contributed by atoms with Gasteiger partial charge in [-0.25, -0.2) is 9.97 Å². The summed E-state index contributed by atoms with van der Waals surface area (Å²) in [6.45, 7) is 2.80. The van der Waals surface area contributed by atoms with Crippen molar-refractivity contribution in [3.8, 4) is 11.3 Å². The van der Waals surface area contributed by atoms with Crippen molar-refractivity contribution < 1.29 is 0 Å². The third-order valence-electron chi connectivity index (χ3n) is 5.55. The smallest absolute Gasteiger partial charge is 0.131 e. The van der Waals surface area contributed by atoms with Crippen LogP contribution in [0.5, 0.6) is 0 Å². The van der Waals surface area contributed by atoms with E-state index in [4.69, 9.17) is 9.97 Å². The zero-order valence-electron chi connectivity index (χ0n) is 16.1. The van der Waals surface area contributed by atoms with E-state index in [1.807, 2.05) is 0 Å². The van der Waals surface area contributed by atoms with Crippen LogP contribution in [-0.4, -0.2) is 32.7 Å². The van der Waals surface area contributed by atoms with Crippen LogP contribution in [-0.2, 0) is 19.5 Å². The molecule has 0 N–H and O–H groups in total. The Morgan fingerprint density at radius 2 is 1.93 bits per heavy atom. The molecule has 5 heteroatoms. The fraction of sp³-hybridized carbons (Fsp3) is 0.348. The highest BCUT2D eigenvalue weighted by molar-refractivity contribution is 7.98. The average Bonchev–Trinajstić information content (AvgIpc) is 3.59. The summed E-state index contributed by atoms with van der Waals surface area (Å²) in [5, 5.41) is 0. The summed E-state index contributed by atoms with van der Waals surface area (Å²) in [5.74, 6) is 1.69. The van der Waals surface area contributed by atoms with E-state index < -0.39 is 0 Å². The Morgan fingerprint density at radius 3 is 2.71 bits per heavy atom. The molecule has 1 aliphatic carbocycles. The van der Waals surface area contributed by atoms with Gasteiger partial charge in [0.2, 0.25) is 0 Å². The highest BCUT2D eigenvalue weighted by atomic mass is 32.2. The van der Waals surface area contributed by atoms with Crippen molar-refractivity contribution in [1.82, 2.24) is 19.9 Å². The predicted octanol–water partition coefficient (Wildman–Crippen LogP) is 4.70. The number of benzene rings is 1. The fourth-order valence-corrected chi connectivity index (χ4v) is 4.19. The number of rotatable bonds is 5. The number of nitrogens with zero attached hydrogens (tertiary/aromatic N) is 4. The zero-order chi connectivity index (χ0) is 18.9. The fourth-order valence-electron chi connectivity index (χ4n) is 3.78. The number of hydrogen-bond donors (Lipinski definition) is 0. The highest BCUT2D eigenvalue weighted by Gasteiger charge is 2.28. The lowest BCUT2D eigenvalue weighted by Crippen LogP contribution is -2.31. The van der Waals surface area contributed by atoms with Crippen molar-refractivity contribution in [3.05, 3.63) is 71.4 Å². The number of hydrogen-bond acceptors (Lipinski definition) is 5. The Hall–Kier alpha value is -2.24. The molecule has 142 valence electrons. The molecule has 0 unspecified atom stereocenters. The van der Waals surface area contributed by atoms with Gasteiger partial charge in [0.05, 0.1) is 11.4 Å². The number of pyridine rings is 1. The molecule has 5 rings (SSSR count). The second-order valence-corrected chi connectivity index (χ2v) is 8.56. The first-order valence-corrected chi connectivity index (χ1v) is 11.2. The van der Waals surface area contributed by atoms with Crippen molar-refractivity contribution in [2.45, 2.75) is 43.2 Å². The van der Waals surface area contributed by atoms with Gasteiger partial charge in [-0.05, 0) is 43.4 Å². The van der Waals surface area contributed by atoms with Crippen molar-refractivity contribution >= 4 is 11.8 Å². The maximum atomic E-state index is 4.91. The molecule has 2 aliphatic rings. The molecule has 0 bridgehead atoms. The summed E-state index contributed by atoms with van der Waals surface area (Å²) < 4.78 is 0. The van der Waals surface area contributed by atoms with Crippen LogP contribution < -0.4 is 0 Å². The van der Waals surface area contributed by atoms with Gasteiger partial charge in [-0.2, -0.15) is 0 Å². The molecule has 0 spiro atoms. The minimum Gasteiger partial charge on any atom is -0.293 e. The third kappa shape index (κ3) is 3.82. The Kier molecular flexibility index (Phi) is 4.87. The summed E-state index contributed by atoms with van der Waals surface area (Å²) in [5.41, 5.74) is 5.86. The molecular weight excluding hydrogens is 364 g/mol. The first kappa shape index (κ1) is 17.8. The van der Waals surface area contributed by atoms with Crippen LogP contribution in [0.4, 0.5) is 0 Å². The van der Waals surface area contributed by atoms with Gasteiger partial charge in [0, 0.05) is 59.9 Å². The summed E-state index contributed by atoms with van der Waals surface area (Å²) >= 11 is 1.76. The van der Waals surface area contributed by atoms with Crippen LogP contribution in [0.3, 0.4) is 0 Å². The van der Waals surface area contributed by atoms with Gasteiger partial charge in [0.15, 0.2) is 0 Å². The summed E-state index contributed by atoms with van der Waals surface area (Å²) in [7, 11) is 0. The average molecular weight is 389 g/mol. The Labute approximate surface area is 170 Å². The maximum Gasteiger partial charge on any atom is 0.131 e. The molecule has 0 amide bonds. The Bertz CT molecular complexity index is 982. The maximum absolute atomic E-state index is 4.91. The topological polar surface area (TPSA) is 41.9 Å². The second-order valence-electron chi connectivity index (χ2n) is 7.68. The number of thioether (sulfide) groups is 1. The van der Waals surface area contributed by atoms with Crippen molar-refractivity contribution in [2.24, 2.45) is 0 Å². The molecular formula is C23H24N4S. The highest BCUT2D eigenvalue weighted by Crippen LogP contribution is 2.38. The van der Waals surface area contributed by atoms with E-state index in [9.17, 15) is 0 Å². The van der Waals surface area contributed by atoms with Gasteiger partial charge >= 0.3 is 0 Å². The van der Waals surface area contributed by atoms with Gasteiger partial charge < -0.3 is 0 Å². The SMILES string of the molecule is CSc1ccc(-c2cccc(CN3CCc4nc(C5CC5)ncc4C3)n2)cc1. The molecule has 0 atom stereocenters. The first-order valence-electron chi connectivity index (χ1n) is 9.96. The molecule has 1 saturated carbocycles. The first-order chi connectivity index (χ1) is 13.8. The predicted molar refractivity (Wildman–Crippen MR) is 113 cm³/mol. The van der Waals surface area contributed by atoms with E-state index in [0.717, 1.165) is 43.3 Å². The van der Waals surface area contributed by atoms with Crippen molar-refractivity contribution in [1.29, 1.82) is 0 Å². The lowest BCUT2D eigenvalue weighted by atomic mass is 10.1. The van der Waals surface area contributed by atoms with E-state index in [1.165, 1.54) is 34.6 Å². The summed E-state index contributed by atoms with van der Waals surface area (Å²) in [6, 6.07) is 15.0. The lowest BCUT2D eigenvalue weighted by molar-refractivity contribution is 0.240. The van der Waals surface area contributed by atoms with Crippen LogP contribution in [0.1, 0.15) is 41.5 Å². The van der Waals surface area contributed by atoms with Crippen LogP contribution in [0.2, 0.25) is 0 Å². The van der Waals surface area contributed by atoms with Gasteiger partial charge in [0.25, 0.3) is 0 Å². The monoisotopic (exact) mass is 388 g/mol. The van der Waals surface area contributed by atoms with Crippen molar-refractivity contribution in [3.63, 3.8) is 0 Å². The van der Waals surface area contributed by atoms with Gasteiger partial charge in [-0.3, -0.25) is 9.88 Å². The minimum atomic E-state index is 0.625. The molecule has 1 fully saturated rings. The normalized spacial score (nSPS) is 16.8. The Morgan fingerprint density at radius 1 is 1.07 bits per heavy atom. The van der Waals surface area contributed by atoms with Crippen LogP contribution >= 0.6 is 11.8 Å². The standard InChI is InChI=1S/C23H24N4S/c1-28-20-9-7-16(8-10-20)21-4-2-3-19(25-21)15-27-12-11-22-18(14-27)13-24-23(26-22)17-5-6-17/h2-4,7-10,13,17H,5-6,11-12,14-15H2,1H3. The molecule has 2 aromatic heterocycles. The molecule has 0 saturated heterocycles. The Balaban J connectivity index is 1.29. The molecule has 3 heterocycles. The van der Waals surface area contributed by atoms with Gasteiger partial charge in [0.1, 0.15) is 5.82 Å². The summed E-state index contributed by atoms with van der Waals surface area (Å²) in [6.07, 6.45) is 7.68. The third-order valence-corrected chi connectivity index (χ3v) is 6.30. The van der Waals surface area contributed by atoms with E-state index >= 15 is 0 Å². The van der Waals surface area contributed by atoms with E-state index in [1.54, 1.807) is 11.8 Å². The van der Waals surface area contributed by atoms with E-state index in [2.05, 4.69) is 64.8 Å². The van der Waals surface area contributed by atoms with E-state index in [-0.39, 0.29) is 0 Å². The number of aromatic nitrogens is 3. The van der Waals surface area contributed by atoms with Crippen LogP contribution in [0, 0.1) is 0 Å². The minimum absolute atomic E-state index is 0.625. The van der Waals surface area contributed by atoms with Gasteiger partial charge in [-0.1, -0.05) is 18.2 Å². The number of fused-ring (bicyclic) bond motifs is 1. The lowest BCUT2D eigenvalue weighted by Gasteiger charge is -2.27. The van der Waals surface area contributed by atoms with E-state index in [0.29, 0.717) is 5.92 Å². The second kappa shape index (κ2) is 7.64. The molecule has 3 aromatic rings. The molecule has 1 aliphatic heterocycles. The van der Waals surface area contributed by atoms with Crippen LogP contribution in [0.15, 0.2) is 53.6 Å². The largest absolute Gasteiger partial charge is 0.293 e. The zero-order valence-corrected chi connectivity index (χ0v) is 17.0. The van der Waals surface area contributed by atoms with Crippen molar-refractivity contribution in [2.75, 3.05) is 12.8 Å². The molecule has 0 radical (unpaired) electrons.